The molecule has 0 radical (unpaired) electrons. The Morgan fingerprint density at radius 1 is 1.06 bits per heavy atom. The van der Waals surface area contributed by atoms with Crippen molar-refractivity contribution in [1.29, 1.82) is 0 Å². The van der Waals surface area contributed by atoms with Gasteiger partial charge in [-0.15, -0.1) is 0 Å². The van der Waals surface area contributed by atoms with E-state index < -0.39 is 0 Å². The Labute approximate surface area is 186 Å². The predicted octanol–water partition coefficient (Wildman–Crippen LogP) is 5.03. The third-order valence-electron chi connectivity index (χ3n) is 5.93. The van der Waals surface area contributed by atoms with Crippen LogP contribution in [0.2, 0.25) is 0 Å². The molecule has 0 heterocycles. The van der Waals surface area contributed by atoms with E-state index in [0.29, 0.717) is 6.54 Å². The summed E-state index contributed by atoms with van der Waals surface area (Å²) in [5.41, 5.74) is 3.93. The molecule has 0 spiro atoms. The minimum atomic E-state index is -0.163. The molecule has 1 aliphatic carbocycles. The second-order valence-electron chi connectivity index (χ2n) is 8.93. The van der Waals surface area contributed by atoms with Crippen LogP contribution < -0.4 is 10.2 Å². The van der Waals surface area contributed by atoms with Crippen LogP contribution in [-0.4, -0.2) is 36.9 Å². The predicted molar refractivity (Wildman–Crippen MR) is 127 cm³/mol. The maximum Gasteiger partial charge on any atom is 0.230 e. The number of carbonyl (C=O) groups is 2. The number of hydrogen-bond donors (Lipinski definition) is 1. The molecule has 166 valence electrons. The molecule has 0 unspecified atom stereocenters. The van der Waals surface area contributed by atoms with Gasteiger partial charge in [-0.05, 0) is 62.4 Å². The average molecular weight is 422 g/mol. The second-order valence-corrected chi connectivity index (χ2v) is 8.93. The fourth-order valence-electron chi connectivity index (χ4n) is 3.95. The van der Waals surface area contributed by atoms with Gasteiger partial charge in [0.25, 0.3) is 0 Å². The molecule has 0 saturated heterocycles. The lowest BCUT2D eigenvalue weighted by Crippen LogP contribution is -2.39. The van der Waals surface area contributed by atoms with E-state index in [4.69, 9.17) is 0 Å². The van der Waals surface area contributed by atoms with Gasteiger partial charge in [-0.1, -0.05) is 37.3 Å². The molecule has 2 aromatic carbocycles. The highest BCUT2D eigenvalue weighted by Crippen LogP contribution is 2.32. The van der Waals surface area contributed by atoms with Gasteiger partial charge in [-0.25, -0.2) is 0 Å². The summed E-state index contributed by atoms with van der Waals surface area (Å²) in [5, 5.41) is 3.04. The zero-order valence-corrected chi connectivity index (χ0v) is 19.4. The summed E-state index contributed by atoms with van der Waals surface area (Å²) < 4.78 is 0. The van der Waals surface area contributed by atoms with Crippen molar-refractivity contribution in [3.05, 3.63) is 59.7 Å². The Kier molecular flexibility index (Phi) is 7.37. The van der Waals surface area contributed by atoms with E-state index in [-0.39, 0.29) is 29.7 Å². The molecular weight excluding hydrogens is 386 g/mol. The van der Waals surface area contributed by atoms with E-state index in [2.05, 4.69) is 31.0 Å². The van der Waals surface area contributed by atoms with Crippen LogP contribution in [0.1, 0.15) is 57.1 Å². The third kappa shape index (κ3) is 5.66. The van der Waals surface area contributed by atoms with Crippen LogP contribution in [0.15, 0.2) is 48.5 Å². The van der Waals surface area contributed by atoms with E-state index in [1.807, 2.05) is 67.5 Å². The first-order chi connectivity index (χ1) is 14.8. The Hall–Kier alpha value is -2.82. The molecule has 5 nitrogen and oxygen atoms in total. The number of hydrogen-bond acceptors (Lipinski definition) is 3. The highest BCUT2D eigenvalue weighted by atomic mass is 16.2. The van der Waals surface area contributed by atoms with E-state index in [9.17, 15) is 9.59 Å². The molecule has 0 bridgehead atoms. The first-order valence-electron chi connectivity index (χ1n) is 11.3. The minimum absolute atomic E-state index is 0.0602. The fourth-order valence-corrected chi connectivity index (χ4v) is 3.95. The van der Waals surface area contributed by atoms with E-state index in [1.165, 1.54) is 0 Å². The van der Waals surface area contributed by atoms with Gasteiger partial charge in [0, 0.05) is 44.0 Å². The summed E-state index contributed by atoms with van der Waals surface area (Å²) in [6.45, 7) is 6.68. The molecule has 5 heteroatoms. The Morgan fingerprint density at radius 2 is 1.74 bits per heavy atom. The number of nitrogens with one attached hydrogen (secondary N) is 1. The molecule has 1 N–H and O–H groups in total. The molecule has 1 atom stereocenters. The lowest BCUT2D eigenvalue weighted by atomic mass is 9.94. The standard InChI is InChI=1S/C26H35N3O2/c1-6-23(19-10-8-7-9-11-19)26(31)29(18(2)3)17-21-16-22(14-15-24(21)28(4)5)27-25(30)20-12-13-20/h7-11,14-16,18,20,23H,6,12-13,17H2,1-5H3,(H,27,30)/t23-/m1/s1. The number of carbonyl (C=O) groups excluding carboxylic acids is 2. The van der Waals surface area contributed by atoms with E-state index in [1.54, 1.807) is 0 Å². The molecule has 0 aliphatic heterocycles. The van der Waals surface area contributed by atoms with Gasteiger partial charge in [0.05, 0.1) is 5.92 Å². The van der Waals surface area contributed by atoms with Crippen molar-refractivity contribution in [3.63, 3.8) is 0 Å². The number of nitrogens with zero attached hydrogens (tertiary/aromatic N) is 2. The van der Waals surface area contributed by atoms with Gasteiger partial charge < -0.3 is 15.1 Å². The number of amides is 2. The maximum atomic E-state index is 13.6. The fraction of sp³-hybridized carbons (Fsp3) is 0.462. The van der Waals surface area contributed by atoms with Crippen molar-refractivity contribution in [2.75, 3.05) is 24.3 Å². The smallest absolute Gasteiger partial charge is 0.230 e. The monoisotopic (exact) mass is 421 g/mol. The average Bonchev–Trinajstić information content (AvgIpc) is 3.58. The minimum Gasteiger partial charge on any atom is -0.377 e. The highest BCUT2D eigenvalue weighted by Gasteiger charge is 2.30. The molecule has 3 rings (SSSR count). The Balaban J connectivity index is 1.88. The van der Waals surface area contributed by atoms with Crippen LogP contribution in [-0.2, 0) is 16.1 Å². The summed E-state index contributed by atoms with van der Waals surface area (Å²) in [7, 11) is 4.00. The van der Waals surface area contributed by atoms with Crippen LogP contribution in [0, 0.1) is 5.92 Å². The quantitative estimate of drug-likeness (QED) is 0.618. The Bertz CT molecular complexity index is 904. The first kappa shape index (κ1) is 22.9. The molecular formula is C26H35N3O2. The lowest BCUT2D eigenvalue weighted by molar-refractivity contribution is -0.135. The van der Waals surface area contributed by atoms with Crippen molar-refractivity contribution in [2.24, 2.45) is 5.92 Å². The van der Waals surface area contributed by atoms with Gasteiger partial charge in [0.1, 0.15) is 0 Å². The largest absolute Gasteiger partial charge is 0.377 e. The number of benzene rings is 2. The van der Waals surface area contributed by atoms with Crippen LogP contribution in [0.4, 0.5) is 11.4 Å². The maximum absolute atomic E-state index is 13.6. The summed E-state index contributed by atoms with van der Waals surface area (Å²) in [6.07, 6.45) is 2.70. The zero-order chi connectivity index (χ0) is 22.5. The van der Waals surface area contributed by atoms with Crippen molar-refractivity contribution < 1.29 is 9.59 Å². The van der Waals surface area contributed by atoms with Crippen molar-refractivity contribution in [2.45, 2.75) is 58.5 Å². The molecule has 31 heavy (non-hydrogen) atoms. The van der Waals surface area contributed by atoms with Crippen molar-refractivity contribution in [1.82, 2.24) is 4.90 Å². The summed E-state index contributed by atoms with van der Waals surface area (Å²) in [4.78, 5) is 29.9. The Morgan fingerprint density at radius 3 is 2.29 bits per heavy atom. The van der Waals surface area contributed by atoms with Crippen molar-refractivity contribution in [3.8, 4) is 0 Å². The molecule has 2 amide bonds. The normalized spacial score (nSPS) is 14.3. The van der Waals surface area contributed by atoms with Gasteiger partial charge in [-0.3, -0.25) is 9.59 Å². The van der Waals surface area contributed by atoms with E-state index in [0.717, 1.165) is 41.8 Å². The van der Waals surface area contributed by atoms with Gasteiger partial charge >= 0.3 is 0 Å². The third-order valence-corrected chi connectivity index (χ3v) is 5.93. The topological polar surface area (TPSA) is 52.7 Å². The molecule has 0 aromatic heterocycles. The molecule has 1 aliphatic rings. The lowest BCUT2D eigenvalue weighted by Gasteiger charge is -2.32. The zero-order valence-electron chi connectivity index (χ0n) is 19.4. The van der Waals surface area contributed by atoms with Crippen LogP contribution >= 0.6 is 0 Å². The number of anilines is 2. The van der Waals surface area contributed by atoms with Crippen LogP contribution in [0.25, 0.3) is 0 Å². The first-order valence-corrected chi connectivity index (χ1v) is 11.3. The van der Waals surface area contributed by atoms with Crippen molar-refractivity contribution >= 4 is 23.2 Å². The van der Waals surface area contributed by atoms with Crippen LogP contribution in [0.5, 0.6) is 0 Å². The molecule has 2 aromatic rings. The SMILES string of the molecule is CC[C@@H](C(=O)N(Cc1cc(NC(=O)C2CC2)ccc1N(C)C)C(C)C)c1ccccc1. The summed E-state index contributed by atoms with van der Waals surface area (Å²) in [6, 6.07) is 16.1. The van der Waals surface area contributed by atoms with Gasteiger partial charge in [-0.2, -0.15) is 0 Å². The molecule has 1 fully saturated rings. The highest BCUT2D eigenvalue weighted by molar-refractivity contribution is 5.94. The summed E-state index contributed by atoms with van der Waals surface area (Å²) >= 11 is 0. The summed E-state index contributed by atoms with van der Waals surface area (Å²) in [5.74, 6) is 0.224. The molecule has 1 saturated carbocycles. The second kappa shape index (κ2) is 9.99. The van der Waals surface area contributed by atoms with Gasteiger partial charge in [0.15, 0.2) is 0 Å². The van der Waals surface area contributed by atoms with Crippen LogP contribution in [0.3, 0.4) is 0 Å². The van der Waals surface area contributed by atoms with Gasteiger partial charge in [0.2, 0.25) is 11.8 Å². The number of rotatable bonds is 9. The van der Waals surface area contributed by atoms with E-state index >= 15 is 0 Å².